The van der Waals surface area contributed by atoms with E-state index >= 15 is 0 Å². The van der Waals surface area contributed by atoms with E-state index in [1.807, 2.05) is 6.07 Å². The van der Waals surface area contributed by atoms with Gasteiger partial charge >= 0.3 is 6.18 Å². The molecule has 0 aliphatic carbocycles. The van der Waals surface area contributed by atoms with Gasteiger partial charge in [-0.25, -0.2) is 0 Å². The van der Waals surface area contributed by atoms with E-state index < -0.39 is 30.2 Å². The minimum Gasteiger partial charge on any atom is -0.493 e. The first-order valence-electron chi connectivity index (χ1n) is 12.0. The zero-order chi connectivity index (χ0) is 27.3. The van der Waals surface area contributed by atoms with Gasteiger partial charge in [0.25, 0.3) is 0 Å². The summed E-state index contributed by atoms with van der Waals surface area (Å²) in [5.41, 5.74) is -1.49. The normalized spacial score (nSPS) is 15.2. The molecule has 6 nitrogen and oxygen atoms in total. The van der Waals surface area contributed by atoms with E-state index in [1.54, 1.807) is 32.2 Å². The monoisotopic (exact) mass is 543 g/mol. The van der Waals surface area contributed by atoms with Gasteiger partial charge in [-0.2, -0.15) is 13.2 Å². The van der Waals surface area contributed by atoms with Crippen molar-refractivity contribution in [3.63, 3.8) is 0 Å². The molecule has 0 radical (unpaired) electrons. The van der Waals surface area contributed by atoms with Crippen molar-refractivity contribution < 1.29 is 23.0 Å². The van der Waals surface area contributed by atoms with Gasteiger partial charge in [-0.3, -0.25) is 14.8 Å². The number of ether oxygens (including phenoxy) is 1. The highest BCUT2D eigenvalue weighted by Gasteiger charge is 2.56. The van der Waals surface area contributed by atoms with Crippen LogP contribution in [0.3, 0.4) is 0 Å². The van der Waals surface area contributed by atoms with Crippen molar-refractivity contribution in [2.45, 2.75) is 50.4 Å². The molecular formula is C28H25ClF3N3O3. The van der Waals surface area contributed by atoms with Gasteiger partial charge in [-0.05, 0) is 47.2 Å². The summed E-state index contributed by atoms with van der Waals surface area (Å²) in [6.07, 6.45) is 2.10. The van der Waals surface area contributed by atoms with Crippen molar-refractivity contribution in [1.82, 2.24) is 14.5 Å². The van der Waals surface area contributed by atoms with E-state index in [-0.39, 0.29) is 16.3 Å². The van der Waals surface area contributed by atoms with Gasteiger partial charge in [-0.1, -0.05) is 25.4 Å². The third-order valence-corrected chi connectivity index (χ3v) is 7.23. The molecule has 38 heavy (non-hydrogen) atoms. The van der Waals surface area contributed by atoms with Crippen molar-refractivity contribution >= 4 is 22.5 Å². The maximum Gasteiger partial charge on any atom is 0.418 e. The van der Waals surface area contributed by atoms with E-state index in [4.69, 9.17) is 16.3 Å². The molecule has 1 aliphatic heterocycles. The summed E-state index contributed by atoms with van der Waals surface area (Å²) in [7, 11) is 0. The van der Waals surface area contributed by atoms with Gasteiger partial charge in [0, 0.05) is 54.6 Å². The Hall–Kier alpha value is -3.43. The Labute approximate surface area is 221 Å². The number of aromatic nitrogens is 3. The third-order valence-electron chi connectivity index (χ3n) is 7.02. The minimum absolute atomic E-state index is 0.174. The summed E-state index contributed by atoms with van der Waals surface area (Å²) in [6, 6.07) is 8.10. The molecule has 1 N–H and O–H groups in total. The molecule has 4 heterocycles. The lowest BCUT2D eigenvalue weighted by Gasteiger charge is -2.39. The predicted molar refractivity (Wildman–Crippen MR) is 139 cm³/mol. The first-order valence-corrected chi connectivity index (χ1v) is 12.4. The second kappa shape index (κ2) is 9.39. The van der Waals surface area contributed by atoms with Crippen LogP contribution < -0.4 is 10.2 Å². The molecule has 0 saturated carbocycles. The highest BCUT2D eigenvalue weighted by Crippen LogP contribution is 2.47. The first kappa shape index (κ1) is 26.2. The van der Waals surface area contributed by atoms with E-state index in [0.29, 0.717) is 29.4 Å². The lowest BCUT2D eigenvalue weighted by Crippen LogP contribution is -2.52. The molecule has 0 bridgehead atoms. The molecule has 3 aromatic heterocycles. The maximum atomic E-state index is 14.6. The SMILES string of the molecule is CC(C)(CC(O)(Cn1ccc(=O)c2cnccc21)C(F)(F)F)c1cc(-c2cncc(Cl)c2)cc2c1OCC2. The summed E-state index contributed by atoms with van der Waals surface area (Å²) in [4.78, 5) is 20.3. The Balaban J connectivity index is 1.59. The first-order chi connectivity index (χ1) is 17.9. The standard InChI is InChI=1S/C28H25ClF3N3O3/c1-26(2,22-11-18(9-17-5-8-38-25(17)22)19-10-20(29)13-34-12-19)15-27(37,28(30,31)32)16-35-7-4-24(36)21-14-33-6-3-23(21)35/h3-4,6-7,9-14,37H,5,8,15-16H2,1-2H3. The van der Waals surface area contributed by atoms with Crippen LogP contribution >= 0.6 is 11.6 Å². The number of nitrogens with zero attached hydrogens (tertiary/aromatic N) is 3. The minimum atomic E-state index is -4.97. The van der Waals surface area contributed by atoms with Crippen LogP contribution in [0.2, 0.25) is 5.02 Å². The summed E-state index contributed by atoms with van der Waals surface area (Å²) < 4.78 is 50.9. The average molecular weight is 544 g/mol. The van der Waals surface area contributed by atoms with Crippen LogP contribution in [-0.4, -0.2) is 38.0 Å². The Morgan fingerprint density at radius 2 is 1.87 bits per heavy atom. The van der Waals surface area contributed by atoms with Crippen LogP contribution in [0, 0.1) is 0 Å². The van der Waals surface area contributed by atoms with Crippen LogP contribution in [-0.2, 0) is 18.4 Å². The molecule has 0 amide bonds. The summed E-state index contributed by atoms with van der Waals surface area (Å²) in [5.74, 6) is 0.540. The van der Waals surface area contributed by atoms with Crippen LogP contribution in [0.5, 0.6) is 5.75 Å². The van der Waals surface area contributed by atoms with E-state index in [2.05, 4.69) is 9.97 Å². The number of pyridine rings is 3. The van der Waals surface area contributed by atoms with Gasteiger partial charge in [0.2, 0.25) is 0 Å². The number of alkyl halides is 3. The number of aliphatic hydroxyl groups is 1. The van der Waals surface area contributed by atoms with Crippen molar-refractivity contribution in [3.05, 3.63) is 87.7 Å². The molecule has 1 atom stereocenters. The summed E-state index contributed by atoms with van der Waals surface area (Å²) in [5, 5.41) is 11.9. The third kappa shape index (κ3) is 4.76. The second-order valence-electron chi connectivity index (χ2n) is 10.3. The molecule has 198 valence electrons. The fraction of sp³-hybridized carbons (Fsp3) is 0.321. The lowest BCUT2D eigenvalue weighted by molar-refractivity contribution is -0.271. The van der Waals surface area contributed by atoms with Gasteiger partial charge in [0.1, 0.15) is 5.75 Å². The fourth-order valence-corrected chi connectivity index (χ4v) is 5.37. The number of fused-ring (bicyclic) bond motifs is 2. The highest BCUT2D eigenvalue weighted by atomic mass is 35.5. The Kier molecular flexibility index (Phi) is 6.47. The molecule has 4 aromatic rings. The number of halogens is 4. The van der Waals surface area contributed by atoms with Gasteiger partial charge in [-0.15, -0.1) is 0 Å². The zero-order valence-electron chi connectivity index (χ0n) is 20.7. The van der Waals surface area contributed by atoms with E-state index in [0.717, 1.165) is 16.7 Å². The Morgan fingerprint density at radius 1 is 1.08 bits per heavy atom. The predicted octanol–water partition coefficient (Wildman–Crippen LogP) is 5.71. The molecule has 1 aromatic carbocycles. The molecule has 10 heteroatoms. The number of rotatable bonds is 6. The summed E-state index contributed by atoms with van der Waals surface area (Å²) in [6.45, 7) is 2.93. The number of hydrogen-bond donors (Lipinski definition) is 1. The molecule has 5 rings (SSSR count). The Morgan fingerprint density at radius 3 is 2.61 bits per heavy atom. The van der Waals surface area contributed by atoms with Crippen LogP contribution in [0.25, 0.3) is 22.0 Å². The number of benzene rings is 1. The topological polar surface area (TPSA) is 77.2 Å². The zero-order valence-corrected chi connectivity index (χ0v) is 21.5. The molecular weight excluding hydrogens is 519 g/mol. The van der Waals surface area contributed by atoms with Gasteiger partial charge in [0.05, 0.1) is 29.1 Å². The van der Waals surface area contributed by atoms with Crippen LogP contribution in [0.4, 0.5) is 13.2 Å². The van der Waals surface area contributed by atoms with E-state index in [1.165, 1.54) is 41.5 Å². The van der Waals surface area contributed by atoms with Crippen LogP contribution in [0.15, 0.2) is 66.1 Å². The second-order valence-corrected chi connectivity index (χ2v) is 10.7. The van der Waals surface area contributed by atoms with Crippen molar-refractivity contribution in [3.8, 4) is 16.9 Å². The maximum absolute atomic E-state index is 14.6. The average Bonchev–Trinajstić information content (AvgIpc) is 3.33. The fourth-order valence-electron chi connectivity index (χ4n) is 5.19. The number of hydrogen-bond acceptors (Lipinski definition) is 5. The quantitative estimate of drug-likeness (QED) is 0.337. The van der Waals surface area contributed by atoms with Crippen molar-refractivity contribution in [2.24, 2.45) is 0 Å². The molecule has 0 saturated heterocycles. The molecule has 1 unspecified atom stereocenters. The smallest absolute Gasteiger partial charge is 0.418 e. The van der Waals surface area contributed by atoms with Gasteiger partial charge < -0.3 is 14.4 Å². The van der Waals surface area contributed by atoms with Crippen molar-refractivity contribution in [1.29, 1.82) is 0 Å². The molecule has 0 spiro atoms. The van der Waals surface area contributed by atoms with Crippen LogP contribution in [0.1, 0.15) is 31.4 Å². The largest absolute Gasteiger partial charge is 0.493 e. The highest BCUT2D eigenvalue weighted by molar-refractivity contribution is 6.30. The van der Waals surface area contributed by atoms with Crippen molar-refractivity contribution in [2.75, 3.05) is 6.61 Å². The summed E-state index contributed by atoms with van der Waals surface area (Å²) >= 11 is 6.14. The lowest BCUT2D eigenvalue weighted by atomic mass is 9.73. The van der Waals surface area contributed by atoms with Gasteiger partial charge in [0.15, 0.2) is 11.0 Å². The molecule has 0 fully saturated rings. The van der Waals surface area contributed by atoms with E-state index in [9.17, 15) is 23.1 Å². The molecule has 1 aliphatic rings. The Bertz CT molecular complexity index is 1590.